The predicted octanol–water partition coefficient (Wildman–Crippen LogP) is 4.83. The van der Waals surface area contributed by atoms with Crippen LogP contribution in [0.2, 0.25) is 5.02 Å². The predicted molar refractivity (Wildman–Crippen MR) is 117 cm³/mol. The number of carbonyl (C=O) groups is 1. The van der Waals surface area contributed by atoms with Crippen LogP contribution in [0, 0.1) is 0 Å². The number of rotatable bonds is 7. The molecular weight excluding hydrogens is 426 g/mol. The molecule has 6 nitrogen and oxygen atoms in total. The second kappa shape index (κ2) is 9.21. The average molecular weight is 442 g/mol. The molecular formula is C20H16ClN5OS2. The quantitative estimate of drug-likeness (QED) is 0.328. The van der Waals surface area contributed by atoms with Crippen molar-refractivity contribution in [2.45, 2.75) is 11.7 Å². The summed E-state index contributed by atoms with van der Waals surface area (Å²) >= 11 is 9.10. The SMILES string of the molecule is O=C(CSc1nccc(-c2cccs2)n1)Nc1nn(Cc2ccccc2)cc1Cl. The lowest BCUT2D eigenvalue weighted by atomic mass is 10.2. The lowest BCUT2D eigenvalue weighted by Crippen LogP contribution is -2.15. The van der Waals surface area contributed by atoms with Gasteiger partial charge >= 0.3 is 0 Å². The second-order valence-corrected chi connectivity index (χ2v) is 8.34. The van der Waals surface area contributed by atoms with Crippen molar-refractivity contribution in [3.8, 4) is 10.6 Å². The molecule has 3 heterocycles. The summed E-state index contributed by atoms with van der Waals surface area (Å²) in [5.41, 5.74) is 1.95. The summed E-state index contributed by atoms with van der Waals surface area (Å²) in [6, 6.07) is 15.7. The first-order valence-electron chi connectivity index (χ1n) is 8.74. The molecule has 0 bridgehead atoms. The first-order chi connectivity index (χ1) is 14.2. The van der Waals surface area contributed by atoms with Crippen molar-refractivity contribution < 1.29 is 4.79 Å². The van der Waals surface area contributed by atoms with Crippen LogP contribution >= 0.6 is 34.7 Å². The number of amides is 1. The Bertz CT molecular complexity index is 1100. The molecule has 29 heavy (non-hydrogen) atoms. The molecule has 0 radical (unpaired) electrons. The monoisotopic (exact) mass is 441 g/mol. The Hall–Kier alpha value is -2.68. The molecule has 0 aliphatic rings. The largest absolute Gasteiger partial charge is 0.307 e. The first kappa shape index (κ1) is 19.6. The molecule has 0 aliphatic heterocycles. The van der Waals surface area contributed by atoms with Crippen LogP contribution < -0.4 is 5.32 Å². The molecule has 4 aromatic rings. The van der Waals surface area contributed by atoms with Crippen molar-refractivity contribution >= 4 is 46.4 Å². The standard InChI is InChI=1S/C20H16ClN5OS2/c21-15-12-26(11-14-5-2-1-3-6-14)25-19(15)24-18(27)13-29-20-22-9-8-16(23-20)17-7-4-10-28-17/h1-10,12H,11,13H2,(H,24,25,27). The minimum Gasteiger partial charge on any atom is -0.307 e. The van der Waals surface area contributed by atoms with Crippen molar-refractivity contribution in [2.24, 2.45) is 0 Å². The summed E-state index contributed by atoms with van der Waals surface area (Å²) < 4.78 is 1.70. The fraction of sp³-hybridized carbons (Fsp3) is 0.100. The Morgan fingerprint density at radius 2 is 2.03 bits per heavy atom. The smallest absolute Gasteiger partial charge is 0.236 e. The van der Waals surface area contributed by atoms with Crippen molar-refractivity contribution in [2.75, 3.05) is 11.1 Å². The van der Waals surface area contributed by atoms with Crippen molar-refractivity contribution in [1.82, 2.24) is 19.7 Å². The fourth-order valence-electron chi connectivity index (χ4n) is 2.60. The van der Waals surface area contributed by atoms with E-state index in [9.17, 15) is 4.79 Å². The molecule has 4 rings (SSSR count). The van der Waals surface area contributed by atoms with Gasteiger partial charge < -0.3 is 5.32 Å². The topological polar surface area (TPSA) is 72.7 Å². The van der Waals surface area contributed by atoms with Gasteiger partial charge in [-0.05, 0) is 23.1 Å². The lowest BCUT2D eigenvalue weighted by molar-refractivity contribution is -0.113. The number of carbonyl (C=O) groups excluding carboxylic acids is 1. The zero-order valence-corrected chi connectivity index (χ0v) is 17.5. The van der Waals surface area contributed by atoms with E-state index >= 15 is 0 Å². The van der Waals surface area contributed by atoms with Gasteiger partial charge in [0.25, 0.3) is 0 Å². The van der Waals surface area contributed by atoms with Crippen LogP contribution in [0.25, 0.3) is 10.6 Å². The van der Waals surface area contributed by atoms with Gasteiger partial charge in [0.1, 0.15) is 5.02 Å². The maximum Gasteiger partial charge on any atom is 0.236 e. The van der Waals surface area contributed by atoms with Crippen LogP contribution in [0.3, 0.4) is 0 Å². The van der Waals surface area contributed by atoms with E-state index in [0.29, 0.717) is 22.5 Å². The molecule has 0 aliphatic carbocycles. The van der Waals surface area contributed by atoms with Crippen LogP contribution in [0.15, 0.2) is 71.5 Å². The van der Waals surface area contributed by atoms with E-state index in [1.165, 1.54) is 11.8 Å². The summed E-state index contributed by atoms with van der Waals surface area (Å²) in [5.74, 6) is 0.295. The summed E-state index contributed by atoms with van der Waals surface area (Å²) in [6.45, 7) is 0.578. The van der Waals surface area contributed by atoms with Crippen molar-refractivity contribution in [3.05, 3.63) is 76.9 Å². The molecule has 0 atom stereocenters. The number of benzene rings is 1. The van der Waals surface area contributed by atoms with E-state index in [4.69, 9.17) is 11.6 Å². The Morgan fingerprint density at radius 3 is 2.83 bits per heavy atom. The highest BCUT2D eigenvalue weighted by atomic mass is 35.5. The minimum absolute atomic E-state index is 0.162. The highest BCUT2D eigenvalue weighted by Gasteiger charge is 2.12. The molecule has 1 aromatic carbocycles. The number of thioether (sulfide) groups is 1. The summed E-state index contributed by atoms with van der Waals surface area (Å²) in [6.07, 6.45) is 3.40. The Labute approximate surface area is 181 Å². The molecule has 0 unspecified atom stereocenters. The maximum absolute atomic E-state index is 12.3. The van der Waals surface area contributed by atoms with Crippen LogP contribution in [0.5, 0.6) is 0 Å². The van der Waals surface area contributed by atoms with Crippen LogP contribution in [0.1, 0.15) is 5.56 Å². The van der Waals surface area contributed by atoms with Gasteiger partial charge in [0.15, 0.2) is 11.0 Å². The van der Waals surface area contributed by atoms with E-state index in [-0.39, 0.29) is 11.7 Å². The molecule has 1 amide bonds. The van der Waals surface area contributed by atoms with Gasteiger partial charge in [0.2, 0.25) is 5.91 Å². The van der Waals surface area contributed by atoms with E-state index in [1.807, 2.05) is 53.9 Å². The number of nitrogens with zero attached hydrogens (tertiary/aromatic N) is 4. The summed E-state index contributed by atoms with van der Waals surface area (Å²) in [7, 11) is 0. The summed E-state index contributed by atoms with van der Waals surface area (Å²) in [4.78, 5) is 22.1. The molecule has 0 saturated carbocycles. The van der Waals surface area contributed by atoms with Gasteiger partial charge in [-0.15, -0.1) is 11.3 Å². The van der Waals surface area contributed by atoms with Crippen LogP contribution in [-0.2, 0) is 11.3 Å². The zero-order valence-electron chi connectivity index (χ0n) is 15.2. The van der Waals surface area contributed by atoms with E-state index in [0.717, 1.165) is 16.1 Å². The third-order valence-electron chi connectivity index (χ3n) is 3.90. The second-order valence-electron chi connectivity index (χ2n) is 6.05. The van der Waals surface area contributed by atoms with Gasteiger partial charge in [-0.25, -0.2) is 9.97 Å². The average Bonchev–Trinajstić information content (AvgIpc) is 3.38. The van der Waals surface area contributed by atoms with Crippen molar-refractivity contribution in [3.63, 3.8) is 0 Å². The number of hydrogen-bond donors (Lipinski definition) is 1. The number of aromatic nitrogens is 4. The van der Waals surface area contributed by atoms with Gasteiger partial charge in [0, 0.05) is 12.4 Å². The molecule has 1 N–H and O–H groups in total. The van der Waals surface area contributed by atoms with E-state index in [1.54, 1.807) is 28.4 Å². The highest BCUT2D eigenvalue weighted by Crippen LogP contribution is 2.25. The number of hydrogen-bond acceptors (Lipinski definition) is 6. The van der Waals surface area contributed by atoms with E-state index in [2.05, 4.69) is 20.4 Å². The van der Waals surface area contributed by atoms with Gasteiger partial charge in [-0.1, -0.05) is 59.8 Å². The van der Waals surface area contributed by atoms with Crippen LogP contribution in [0.4, 0.5) is 5.82 Å². The third-order valence-corrected chi connectivity index (χ3v) is 5.93. The Morgan fingerprint density at radius 1 is 1.17 bits per heavy atom. The third kappa shape index (κ3) is 5.23. The normalized spacial score (nSPS) is 10.8. The first-order valence-corrected chi connectivity index (χ1v) is 11.0. The number of anilines is 1. The molecule has 9 heteroatoms. The number of thiophene rings is 1. The zero-order chi connectivity index (χ0) is 20.1. The highest BCUT2D eigenvalue weighted by molar-refractivity contribution is 7.99. The molecule has 0 spiro atoms. The van der Waals surface area contributed by atoms with Gasteiger partial charge in [-0.3, -0.25) is 9.48 Å². The summed E-state index contributed by atoms with van der Waals surface area (Å²) in [5, 5.41) is 10.1. The number of nitrogens with one attached hydrogen (secondary N) is 1. The fourth-order valence-corrected chi connectivity index (χ4v) is 4.13. The van der Waals surface area contributed by atoms with Gasteiger partial charge in [0.05, 0.1) is 22.9 Å². The maximum atomic E-state index is 12.3. The Kier molecular flexibility index (Phi) is 6.24. The molecule has 146 valence electrons. The van der Waals surface area contributed by atoms with Gasteiger partial charge in [-0.2, -0.15) is 5.10 Å². The van der Waals surface area contributed by atoms with Crippen molar-refractivity contribution in [1.29, 1.82) is 0 Å². The number of halogens is 1. The minimum atomic E-state index is -0.216. The molecule has 3 aromatic heterocycles. The molecule has 0 saturated heterocycles. The van der Waals surface area contributed by atoms with Crippen LogP contribution in [-0.4, -0.2) is 31.4 Å². The lowest BCUT2D eigenvalue weighted by Gasteiger charge is -2.04. The van der Waals surface area contributed by atoms with E-state index < -0.39 is 0 Å². The Balaban J connectivity index is 1.35. The molecule has 0 fully saturated rings.